The van der Waals surface area contributed by atoms with Crippen molar-refractivity contribution in [1.29, 1.82) is 21.2 Å². The van der Waals surface area contributed by atoms with Gasteiger partial charge in [0.15, 0.2) is 5.41 Å². The maximum absolute atomic E-state index is 12.4. The summed E-state index contributed by atoms with van der Waals surface area (Å²) in [6.45, 7) is 0. The van der Waals surface area contributed by atoms with Gasteiger partial charge in [-0.15, -0.1) is 0 Å². The number of ether oxygens (including phenoxy) is 1. The number of hydrogen-bond acceptors (Lipinski definition) is 6. The first-order chi connectivity index (χ1) is 14.2. The van der Waals surface area contributed by atoms with Crippen LogP contribution in [0.2, 0.25) is 0 Å². The van der Waals surface area contributed by atoms with E-state index in [2.05, 4.69) is 4.74 Å². The quantitative estimate of drug-likeness (QED) is 0.577. The van der Waals surface area contributed by atoms with Crippen LogP contribution in [0.4, 0.5) is 13.2 Å². The van der Waals surface area contributed by atoms with Crippen LogP contribution >= 0.6 is 0 Å². The van der Waals surface area contributed by atoms with Gasteiger partial charge in [-0.3, -0.25) is 0 Å². The zero-order chi connectivity index (χ0) is 22.1. The monoisotopic (exact) mass is 412 g/mol. The van der Waals surface area contributed by atoms with Crippen molar-refractivity contribution in [3.63, 3.8) is 0 Å². The molecule has 1 saturated carbocycles. The zero-order valence-corrected chi connectivity index (χ0v) is 15.5. The molecule has 0 saturated heterocycles. The van der Waals surface area contributed by atoms with E-state index in [1.807, 2.05) is 24.3 Å². The Hall–Kier alpha value is -3.64. The van der Waals surface area contributed by atoms with Gasteiger partial charge in [-0.05, 0) is 48.4 Å². The molecule has 3 rings (SSSR count). The third-order valence-corrected chi connectivity index (χ3v) is 5.61. The predicted molar refractivity (Wildman–Crippen MR) is 96.8 cm³/mol. The molecule has 1 aromatic rings. The molecule has 0 aliphatic heterocycles. The summed E-state index contributed by atoms with van der Waals surface area (Å²) in [5.41, 5.74) is -0.769. The molecule has 3 atom stereocenters. The molecule has 0 bridgehead atoms. The number of carbonyl (C=O) groups is 1. The van der Waals surface area contributed by atoms with Gasteiger partial charge >= 0.3 is 12.1 Å². The van der Waals surface area contributed by atoms with Crippen LogP contribution in [0.3, 0.4) is 0 Å². The second-order valence-electron chi connectivity index (χ2n) is 7.20. The average Bonchev–Trinajstić information content (AvgIpc) is 2.73. The summed E-state index contributed by atoms with van der Waals surface area (Å²) in [4.78, 5) is 11.0. The van der Waals surface area contributed by atoms with E-state index in [1.165, 1.54) is 12.1 Å². The van der Waals surface area contributed by atoms with Gasteiger partial charge in [-0.25, -0.2) is 4.79 Å². The Morgan fingerprint density at radius 1 is 1.17 bits per heavy atom. The van der Waals surface area contributed by atoms with Crippen molar-refractivity contribution in [2.45, 2.75) is 31.4 Å². The summed E-state index contributed by atoms with van der Waals surface area (Å²) in [6.07, 6.45) is -1.18. The summed E-state index contributed by atoms with van der Waals surface area (Å²) in [5.74, 6) is -5.06. The number of halogens is 3. The normalized spacial score (nSPS) is 25.0. The number of allylic oxidation sites excluding steroid dienone is 2. The lowest BCUT2D eigenvalue weighted by Crippen LogP contribution is -2.48. The lowest BCUT2D eigenvalue weighted by Gasteiger charge is -2.46. The highest BCUT2D eigenvalue weighted by molar-refractivity contribution is 6.04. The minimum Gasteiger partial charge on any atom is -0.420 e. The van der Waals surface area contributed by atoms with E-state index in [0.29, 0.717) is 17.6 Å². The Labute approximate surface area is 170 Å². The molecule has 30 heavy (non-hydrogen) atoms. The van der Waals surface area contributed by atoms with Crippen LogP contribution in [-0.2, 0) is 4.79 Å². The van der Waals surface area contributed by atoms with Crippen LogP contribution in [0.5, 0.6) is 5.75 Å². The smallest absolute Gasteiger partial charge is 0.420 e. The van der Waals surface area contributed by atoms with Gasteiger partial charge in [0.1, 0.15) is 11.7 Å². The van der Waals surface area contributed by atoms with Crippen molar-refractivity contribution >= 4 is 11.7 Å². The van der Waals surface area contributed by atoms with E-state index in [0.717, 1.165) is 25.0 Å². The van der Waals surface area contributed by atoms with Crippen LogP contribution in [0, 0.1) is 56.7 Å². The molecule has 0 aromatic heterocycles. The third-order valence-electron chi connectivity index (χ3n) is 5.61. The van der Waals surface area contributed by atoms with Crippen LogP contribution in [0.25, 0.3) is 0 Å². The molecule has 0 radical (unpaired) electrons. The Kier molecular flexibility index (Phi) is 5.37. The summed E-state index contributed by atoms with van der Waals surface area (Å²) >= 11 is 0. The molecule has 6 nitrogen and oxygen atoms in total. The zero-order valence-electron chi connectivity index (χ0n) is 15.5. The molecule has 1 aromatic carbocycles. The van der Waals surface area contributed by atoms with E-state index < -0.39 is 29.4 Å². The van der Waals surface area contributed by atoms with Crippen molar-refractivity contribution in [3.8, 4) is 24.0 Å². The van der Waals surface area contributed by atoms with Crippen LogP contribution in [0.1, 0.15) is 30.7 Å². The number of hydrogen-bond donors (Lipinski definition) is 1. The fourth-order valence-electron chi connectivity index (χ4n) is 4.31. The second kappa shape index (κ2) is 7.65. The average molecular weight is 412 g/mol. The summed E-state index contributed by atoms with van der Waals surface area (Å²) in [6, 6.07) is 11.0. The van der Waals surface area contributed by atoms with Gasteiger partial charge in [-0.2, -0.15) is 29.0 Å². The van der Waals surface area contributed by atoms with Crippen molar-refractivity contribution in [1.82, 2.24) is 0 Å². The molecule has 1 fully saturated rings. The van der Waals surface area contributed by atoms with Gasteiger partial charge in [0.05, 0.1) is 23.9 Å². The van der Waals surface area contributed by atoms with E-state index in [4.69, 9.17) is 5.41 Å². The lowest BCUT2D eigenvalue weighted by molar-refractivity contribution is -0.189. The number of nitriles is 3. The number of benzene rings is 1. The molecule has 2 aliphatic rings. The van der Waals surface area contributed by atoms with Crippen molar-refractivity contribution in [2.24, 2.45) is 17.3 Å². The maximum atomic E-state index is 12.4. The van der Waals surface area contributed by atoms with Crippen LogP contribution in [-0.4, -0.2) is 17.9 Å². The Morgan fingerprint density at radius 3 is 2.33 bits per heavy atom. The molecule has 0 amide bonds. The predicted octanol–water partition coefficient (Wildman–Crippen LogP) is 4.17. The molecule has 2 aliphatic carbocycles. The minimum absolute atomic E-state index is 0.0303. The van der Waals surface area contributed by atoms with E-state index in [-0.39, 0.29) is 17.4 Å². The molecule has 9 heteroatoms. The Morgan fingerprint density at radius 2 is 1.80 bits per heavy atom. The standard InChI is InChI=1S/C21H15F3N4O2/c22-21(23,24)19(29)30-13-7-5-12(6-8-13)17-14-3-1-2-4-15(14)18(28)16(9-25)20(17,10-26)11-27/h4-8,14,16-17,28H,1-3H2/t14-,16?,17+/m1/s1. The number of alkyl halides is 3. The molecular formula is C21H15F3N4O2. The van der Waals surface area contributed by atoms with Gasteiger partial charge in [0.2, 0.25) is 0 Å². The molecule has 1 N–H and O–H groups in total. The van der Waals surface area contributed by atoms with Gasteiger partial charge in [0, 0.05) is 5.92 Å². The number of nitrogens with one attached hydrogen (secondary N) is 1. The van der Waals surface area contributed by atoms with Gasteiger partial charge < -0.3 is 10.1 Å². The molecule has 152 valence electrons. The van der Waals surface area contributed by atoms with Gasteiger partial charge in [0.25, 0.3) is 0 Å². The molecule has 0 spiro atoms. The van der Waals surface area contributed by atoms with E-state index in [9.17, 15) is 33.8 Å². The highest BCUT2D eigenvalue weighted by Crippen LogP contribution is 2.56. The minimum atomic E-state index is -5.14. The third kappa shape index (κ3) is 3.31. The van der Waals surface area contributed by atoms with Crippen LogP contribution in [0.15, 0.2) is 35.9 Å². The van der Waals surface area contributed by atoms with Gasteiger partial charge in [-0.1, -0.05) is 18.2 Å². The summed E-state index contributed by atoms with van der Waals surface area (Å²) < 4.78 is 41.5. The first kappa shape index (κ1) is 21.1. The first-order valence-corrected chi connectivity index (χ1v) is 9.09. The fraction of sp³-hybridized carbons (Fsp3) is 0.381. The molecule has 0 heterocycles. The highest BCUT2D eigenvalue weighted by atomic mass is 19.4. The Balaban J connectivity index is 2.06. The Bertz CT molecular complexity index is 1020. The van der Waals surface area contributed by atoms with Crippen molar-refractivity contribution in [3.05, 3.63) is 41.5 Å². The first-order valence-electron chi connectivity index (χ1n) is 9.09. The maximum Gasteiger partial charge on any atom is 0.491 e. The van der Waals surface area contributed by atoms with Crippen molar-refractivity contribution in [2.75, 3.05) is 0 Å². The lowest BCUT2D eigenvalue weighted by atomic mass is 9.52. The number of esters is 1. The van der Waals surface area contributed by atoms with Crippen LogP contribution < -0.4 is 4.74 Å². The number of fused-ring (bicyclic) bond motifs is 1. The summed E-state index contributed by atoms with van der Waals surface area (Å²) in [5, 5.41) is 37.9. The second-order valence-corrected chi connectivity index (χ2v) is 7.20. The number of carbonyl (C=O) groups excluding carboxylic acids is 1. The largest absolute Gasteiger partial charge is 0.491 e. The van der Waals surface area contributed by atoms with E-state index >= 15 is 0 Å². The number of nitrogens with zero attached hydrogens (tertiary/aromatic N) is 3. The molecular weight excluding hydrogens is 397 g/mol. The highest BCUT2D eigenvalue weighted by Gasteiger charge is 2.58. The summed E-state index contributed by atoms with van der Waals surface area (Å²) in [7, 11) is 0. The number of rotatable bonds is 2. The van der Waals surface area contributed by atoms with E-state index in [1.54, 1.807) is 0 Å². The van der Waals surface area contributed by atoms with Crippen molar-refractivity contribution < 1.29 is 22.7 Å². The molecule has 1 unspecified atom stereocenters. The topological polar surface area (TPSA) is 122 Å². The SMILES string of the molecule is N#CC1C(=N)C2=CCCC[C@H]2[C@H](c2ccc(OC(=O)C(F)(F)F)cc2)C1(C#N)C#N. The fourth-order valence-corrected chi connectivity index (χ4v) is 4.31.